The summed E-state index contributed by atoms with van der Waals surface area (Å²) in [4.78, 5) is 3.73. The van der Waals surface area contributed by atoms with Crippen molar-refractivity contribution in [3.63, 3.8) is 0 Å². The minimum absolute atomic E-state index is 0.0264. The molecule has 0 atom stereocenters. The molecular weight excluding hydrogens is 285 g/mol. The molecule has 0 spiro atoms. The van der Waals surface area contributed by atoms with Crippen LogP contribution in [0.1, 0.15) is 5.56 Å². The summed E-state index contributed by atoms with van der Waals surface area (Å²) in [6.45, 7) is 4.95. The van der Waals surface area contributed by atoms with Crippen LogP contribution >= 0.6 is 23.4 Å². The second-order valence-electron chi connectivity index (χ2n) is 3.35. The van der Waals surface area contributed by atoms with Gasteiger partial charge < -0.3 is 5.32 Å². The molecule has 0 fully saturated rings. The summed E-state index contributed by atoms with van der Waals surface area (Å²) in [5.41, 5.74) is -0.832. The molecule has 0 bridgehead atoms. The highest BCUT2D eigenvalue weighted by atomic mass is 35.5. The first kappa shape index (κ1) is 15.3. The van der Waals surface area contributed by atoms with Crippen molar-refractivity contribution in [1.82, 2.24) is 10.3 Å². The van der Waals surface area contributed by atoms with Crippen LogP contribution in [0.3, 0.4) is 0 Å². The summed E-state index contributed by atoms with van der Waals surface area (Å²) in [5, 5.41) is 3.50. The molecule has 7 heteroatoms. The van der Waals surface area contributed by atoms with Crippen molar-refractivity contribution in [3.8, 4) is 0 Å². The van der Waals surface area contributed by atoms with Crippen molar-refractivity contribution < 1.29 is 13.2 Å². The Morgan fingerprint density at radius 1 is 1.50 bits per heavy atom. The highest BCUT2D eigenvalue weighted by Crippen LogP contribution is 2.33. The number of nitrogens with one attached hydrogen (secondary N) is 1. The second kappa shape index (κ2) is 7.01. The van der Waals surface area contributed by atoms with Gasteiger partial charge in [0, 0.05) is 25.0 Å². The van der Waals surface area contributed by atoms with Crippen LogP contribution in [0.2, 0.25) is 5.02 Å². The number of pyridine rings is 1. The van der Waals surface area contributed by atoms with E-state index in [0.29, 0.717) is 23.9 Å². The molecule has 0 aliphatic carbocycles. The molecule has 0 aliphatic heterocycles. The molecule has 100 valence electrons. The van der Waals surface area contributed by atoms with Gasteiger partial charge in [0.1, 0.15) is 5.03 Å². The van der Waals surface area contributed by atoms with Gasteiger partial charge in [-0.3, -0.25) is 0 Å². The highest BCUT2D eigenvalue weighted by Gasteiger charge is 2.31. The van der Waals surface area contributed by atoms with E-state index < -0.39 is 11.7 Å². The molecule has 0 saturated carbocycles. The number of halogens is 4. The van der Waals surface area contributed by atoms with Gasteiger partial charge in [-0.25, -0.2) is 4.98 Å². The van der Waals surface area contributed by atoms with E-state index in [-0.39, 0.29) is 5.02 Å². The maximum absolute atomic E-state index is 12.4. The Hall–Kier alpha value is -0.720. The molecule has 0 aromatic carbocycles. The smallest absolute Gasteiger partial charge is 0.312 e. The molecule has 1 aromatic heterocycles. The lowest BCUT2D eigenvalue weighted by atomic mass is 10.3. The highest BCUT2D eigenvalue weighted by molar-refractivity contribution is 7.99. The Balaban J connectivity index is 2.55. The number of hydrogen-bond acceptors (Lipinski definition) is 3. The predicted molar refractivity (Wildman–Crippen MR) is 68.0 cm³/mol. The molecule has 1 N–H and O–H groups in total. The summed E-state index contributed by atoms with van der Waals surface area (Å²) in [6, 6.07) is 0.897. The Labute approximate surface area is 113 Å². The average molecular weight is 297 g/mol. The van der Waals surface area contributed by atoms with Crippen LogP contribution in [0.25, 0.3) is 0 Å². The van der Waals surface area contributed by atoms with Crippen LogP contribution in [-0.2, 0) is 6.18 Å². The maximum Gasteiger partial charge on any atom is 0.417 e. The van der Waals surface area contributed by atoms with Crippen molar-refractivity contribution in [3.05, 3.63) is 35.5 Å². The first-order chi connectivity index (χ1) is 8.45. The minimum atomic E-state index is -4.41. The van der Waals surface area contributed by atoms with Crippen LogP contribution < -0.4 is 5.32 Å². The second-order valence-corrected chi connectivity index (χ2v) is 4.84. The molecule has 2 nitrogen and oxygen atoms in total. The Morgan fingerprint density at radius 3 is 2.78 bits per heavy atom. The first-order valence-corrected chi connectivity index (χ1v) is 6.48. The lowest BCUT2D eigenvalue weighted by Gasteiger charge is -2.08. The summed E-state index contributed by atoms with van der Waals surface area (Å²) in [7, 11) is 0. The molecule has 0 aliphatic rings. The van der Waals surface area contributed by atoms with Crippen LogP contribution in [-0.4, -0.2) is 23.8 Å². The lowest BCUT2D eigenvalue weighted by Crippen LogP contribution is -2.16. The molecule has 0 saturated heterocycles. The van der Waals surface area contributed by atoms with Gasteiger partial charge in [-0.05, 0) is 6.07 Å². The Morgan fingerprint density at radius 2 is 2.22 bits per heavy atom. The first-order valence-electron chi connectivity index (χ1n) is 5.12. The zero-order chi connectivity index (χ0) is 13.6. The predicted octanol–water partition coefficient (Wildman–Crippen LogP) is 3.62. The molecule has 18 heavy (non-hydrogen) atoms. The Bertz CT molecular complexity index is 410. The van der Waals surface area contributed by atoms with E-state index in [1.54, 1.807) is 6.08 Å². The SMILES string of the molecule is C=CCNCCSc1ncc(C(F)(F)F)cc1Cl. The zero-order valence-corrected chi connectivity index (χ0v) is 11.0. The van der Waals surface area contributed by atoms with E-state index in [1.807, 2.05) is 0 Å². The quantitative estimate of drug-likeness (QED) is 0.493. The van der Waals surface area contributed by atoms with Crippen molar-refractivity contribution >= 4 is 23.4 Å². The number of aromatic nitrogens is 1. The third kappa shape index (κ3) is 4.88. The van der Waals surface area contributed by atoms with Gasteiger partial charge in [-0.15, -0.1) is 18.3 Å². The number of hydrogen-bond donors (Lipinski definition) is 1. The van der Waals surface area contributed by atoms with Gasteiger partial charge in [0.05, 0.1) is 10.6 Å². The van der Waals surface area contributed by atoms with Crippen molar-refractivity contribution in [1.29, 1.82) is 0 Å². The van der Waals surface area contributed by atoms with Gasteiger partial charge in [0.2, 0.25) is 0 Å². The fourth-order valence-corrected chi connectivity index (χ4v) is 2.20. The third-order valence-corrected chi connectivity index (χ3v) is 3.35. The molecule has 0 radical (unpaired) electrons. The molecule has 1 rings (SSSR count). The Kier molecular flexibility index (Phi) is 5.98. The van der Waals surface area contributed by atoms with E-state index in [2.05, 4.69) is 16.9 Å². The molecular formula is C11H12ClF3N2S. The number of thioether (sulfide) groups is 1. The van der Waals surface area contributed by atoms with Gasteiger partial charge in [0.25, 0.3) is 0 Å². The average Bonchev–Trinajstić information content (AvgIpc) is 2.29. The van der Waals surface area contributed by atoms with Gasteiger partial charge in [0.15, 0.2) is 0 Å². The minimum Gasteiger partial charge on any atom is -0.312 e. The summed E-state index contributed by atoms with van der Waals surface area (Å²) in [6.07, 6.45) is -1.88. The van der Waals surface area contributed by atoms with E-state index in [4.69, 9.17) is 11.6 Å². The van der Waals surface area contributed by atoms with Crippen molar-refractivity contribution in [2.24, 2.45) is 0 Å². The molecule has 0 amide bonds. The zero-order valence-electron chi connectivity index (χ0n) is 9.43. The summed E-state index contributed by atoms with van der Waals surface area (Å²) < 4.78 is 37.1. The van der Waals surface area contributed by atoms with Gasteiger partial charge in [-0.2, -0.15) is 13.2 Å². The number of alkyl halides is 3. The van der Waals surface area contributed by atoms with Crippen LogP contribution in [0.15, 0.2) is 29.9 Å². The normalized spacial score (nSPS) is 11.6. The topological polar surface area (TPSA) is 24.9 Å². The maximum atomic E-state index is 12.4. The van der Waals surface area contributed by atoms with E-state index in [1.165, 1.54) is 11.8 Å². The van der Waals surface area contributed by atoms with Gasteiger partial charge in [-0.1, -0.05) is 17.7 Å². The van der Waals surface area contributed by atoms with E-state index in [9.17, 15) is 13.2 Å². The van der Waals surface area contributed by atoms with Crippen molar-refractivity contribution in [2.45, 2.75) is 11.2 Å². The summed E-state index contributed by atoms with van der Waals surface area (Å²) >= 11 is 7.07. The van der Waals surface area contributed by atoms with Crippen LogP contribution in [0, 0.1) is 0 Å². The summed E-state index contributed by atoms with van der Waals surface area (Å²) in [5.74, 6) is 0.673. The monoisotopic (exact) mass is 296 g/mol. The van der Waals surface area contributed by atoms with E-state index >= 15 is 0 Å². The molecule has 1 heterocycles. The number of nitrogens with zero attached hydrogens (tertiary/aromatic N) is 1. The van der Waals surface area contributed by atoms with Crippen LogP contribution in [0.4, 0.5) is 13.2 Å². The number of rotatable bonds is 6. The molecule has 0 unspecified atom stereocenters. The van der Waals surface area contributed by atoms with E-state index in [0.717, 1.165) is 12.3 Å². The van der Waals surface area contributed by atoms with Gasteiger partial charge >= 0.3 is 6.18 Å². The molecule has 1 aromatic rings. The largest absolute Gasteiger partial charge is 0.417 e. The van der Waals surface area contributed by atoms with Crippen LogP contribution in [0.5, 0.6) is 0 Å². The standard InChI is InChI=1S/C11H12ClF3N2S/c1-2-3-16-4-5-18-10-9(12)6-8(7-17-10)11(13,14)15/h2,6-7,16H,1,3-5H2. The fraction of sp³-hybridized carbons (Fsp3) is 0.364. The van der Waals surface area contributed by atoms with Crippen molar-refractivity contribution in [2.75, 3.05) is 18.8 Å². The fourth-order valence-electron chi connectivity index (χ4n) is 1.11. The lowest BCUT2D eigenvalue weighted by molar-refractivity contribution is -0.137. The third-order valence-electron chi connectivity index (χ3n) is 1.94.